The number of hydrogen-bond donors (Lipinski definition) is 3. The maximum Gasteiger partial charge on any atom is 0.337 e. The number of rotatable bonds is 5. The molecule has 0 saturated carbocycles. The van der Waals surface area contributed by atoms with Gasteiger partial charge in [0.05, 0.1) is 17.5 Å². The molecule has 0 aliphatic carbocycles. The molecule has 1 heterocycles. The minimum atomic E-state index is -0.937. The second-order valence-electron chi connectivity index (χ2n) is 9.20. The van der Waals surface area contributed by atoms with E-state index >= 15 is 0 Å². The zero-order chi connectivity index (χ0) is 25.6. The van der Waals surface area contributed by atoms with Crippen LogP contribution in [0.15, 0.2) is 72.9 Å². The summed E-state index contributed by atoms with van der Waals surface area (Å²) in [6.45, 7) is 6.84. The number of carboxylic acids is 1. The summed E-state index contributed by atoms with van der Waals surface area (Å²) >= 11 is 0. The third kappa shape index (κ3) is 6.99. The highest BCUT2D eigenvalue weighted by molar-refractivity contribution is 6.01. The summed E-state index contributed by atoms with van der Waals surface area (Å²) in [6, 6.07) is 18.6. The molecule has 1 amide bonds. The van der Waals surface area contributed by atoms with Gasteiger partial charge in [-0.3, -0.25) is 4.79 Å². The summed E-state index contributed by atoms with van der Waals surface area (Å²) in [5, 5.41) is 12.5. The Bertz CT molecular complexity index is 1320. The van der Waals surface area contributed by atoms with Gasteiger partial charge in [-0.1, -0.05) is 63.2 Å². The molecule has 0 radical (unpaired) electrons. The highest BCUT2D eigenvalue weighted by Crippen LogP contribution is 2.22. The van der Waals surface area contributed by atoms with Crippen molar-refractivity contribution >= 4 is 22.8 Å². The molecule has 0 bridgehead atoms. The van der Waals surface area contributed by atoms with Crippen LogP contribution in [0.1, 0.15) is 47.8 Å². The number of carboxylic acid groups (broad SMARTS) is 1. The van der Waals surface area contributed by atoms with E-state index in [4.69, 9.17) is 5.11 Å². The normalized spacial score (nSPS) is 11.0. The molecule has 0 aliphatic rings. The summed E-state index contributed by atoms with van der Waals surface area (Å²) in [4.78, 5) is 25.5. The van der Waals surface area contributed by atoms with Crippen molar-refractivity contribution in [2.75, 3.05) is 0 Å². The molecule has 3 aromatic carbocycles. The fourth-order valence-corrected chi connectivity index (χ4v) is 3.48. The van der Waals surface area contributed by atoms with Crippen molar-refractivity contribution in [3.05, 3.63) is 107 Å². The van der Waals surface area contributed by atoms with Crippen LogP contribution in [0.3, 0.4) is 0 Å². The predicted octanol–water partition coefficient (Wildman–Crippen LogP) is 5.99. The lowest BCUT2D eigenvalue weighted by atomic mass is 9.87. The maximum atomic E-state index is 13.1. The van der Waals surface area contributed by atoms with Crippen molar-refractivity contribution < 1.29 is 23.5 Å². The molecule has 0 saturated heterocycles. The third-order valence-electron chi connectivity index (χ3n) is 5.48. The number of H-pyrrole nitrogens is 1. The Morgan fingerprint density at radius 1 is 0.914 bits per heavy atom. The summed E-state index contributed by atoms with van der Waals surface area (Å²) in [5.41, 5.74) is 3.77. The Morgan fingerprint density at radius 3 is 2.23 bits per heavy atom. The van der Waals surface area contributed by atoms with Crippen molar-refractivity contribution in [1.29, 1.82) is 0 Å². The first-order valence-corrected chi connectivity index (χ1v) is 11.1. The van der Waals surface area contributed by atoms with Gasteiger partial charge >= 0.3 is 5.97 Å². The minimum absolute atomic E-state index is 0.0251. The molecule has 4 rings (SSSR count). The van der Waals surface area contributed by atoms with Gasteiger partial charge in [-0.2, -0.15) is 0 Å². The molecule has 0 fully saturated rings. The lowest BCUT2D eigenvalue weighted by Gasteiger charge is -2.19. The number of benzene rings is 3. The smallest absolute Gasteiger partial charge is 0.337 e. The molecular formula is C28H28F2N2O3. The molecule has 182 valence electrons. The molecule has 0 spiro atoms. The number of amides is 1. The zero-order valence-electron chi connectivity index (χ0n) is 19.9. The van der Waals surface area contributed by atoms with E-state index in [1.807, 2.05) is 24.3 Å². The number of aromatic nitrogens is 1. The van der Waals surface area contributed by atoms with E-state index in [9.17, 15) is 18.4 Å². The number of aromatic amines is 1. The van der Waals surface area contributed by atoms with Crippen molar-refractivity contribution in [2.24, 2.45) is 0 Å². The number of carbonyl (C=O) groups is 2. The monoisotopic (exact) mass is 478 g/mol. The van der Waals surface area contributed by atoms with Crippen molar-refractivity contribution in [1.82, 2.24) is 10.3 Å². The molecule has 5 nitrogen and oxygen atoms in total. The third-order valence-corrected chi connectivity index (χ3v) is 5.48. The number of hydrogen-bond acceptors (Lipinski definition) is 2. The van der Waals surface area contributed by atoms with Gasteiger partial charge in [-0.25, -0.2) is 13.6 Å². The first kappa shape index (κ1) is 25.6. The molecular weight excluding hydrogens is 450 g/mol. The van der Waals surface area contributed by atoms with E-state index in [1.54, 1.807) is 18.3 Å². The van der Waals surface area contributed by atoms with Gasteiger partial charge in [0.2, 0.25) is 5.91 Å². The standard InChI is InChI=1S/C19H21F2NO.C9H7NO2/c1-19(2,3)15-7-4-13(5-8-15)12-22-18(23)11-14-6-9-16(20)17(21)10-14;11-9(12)7-3-1-2-6-4-5-10-8(6)7/h4-10H,11-12H2,1-3H3,(H,22,23);1-5,10H,(H,11,12). The van der Waals surface area contributed by atoms with E-state index < -0.39 is 17.6 Å². The van der Waals surface area contributed by atoms with Gasteiger partial charge in [-0.15, -0.1) is 0 Å². The lowest BCUT2D eigenvalue weighted by Crippen LogP contribution is -2.24. The fourth-order valence-electron chi connectivity index (χ4n) is 3.48. The van der Waals surface area contributed by atoms with Crippen LogP contribution in [0.25, 0.3) is 10.9 Å². The first-order valence-electron chi connectivity index (χ1n) is 11.1. The number of fused-ring (bicyclic) bond motifs is 1. The zero-order valence-corrected chi connectivity index (χ0v) is 19.9. The number of nitrogens with one attached hydrogen (secondary N) is 2. The van der Waals surface area contributed by atoms with Crippen molar-refractivity contribution in [3.63, 3.8) is 0 Å². The van der Waals surface area contributed by atoms with Gasteiger partial charge in [-0.05, 0) is 46.4 Å². The van der Waals surface area contributed by atoms with Gasteiger partial charge in [0.15, 0.2) is 11.6 Å². The Kier molecular flexibility index (Phi) is 8.02. The second kappa shape index (κ2) is 11.0. The maximum absolute atomic E-state index is 13.1. The number of halogens is 2. The number of aromatic carboxylic acids is 1. The SMILES string of the molecule is CC(C)(C)c1ccc(CNC(=O)Cc2ccc(F)c(F)c2)cc1.O=C(O)c1cccc2cc[nH]c12. The average molecular weight is 479 g/mol. The lowest BCUT2D eigenvalue weighted by molar-refractivity contribution is -0.120. The molecule has 0 aliphatic heterocycles. The van der Waals surface area contributed by atoms with Crippen LogP contribution in [0.5, 0.6) is 0 Å². The van der Waals surface area contributed by atoms with E-state index in [0.717, 1.165) is 23.1 Å². The Morgan fingerprint density at radius 2 is 1.60 bits per heavy atom. The van der Waals surface area contributed by atoms with Gasteiger partial charge in [0.1, 0.15) is 0 Å². The molecule has 4 aromatic rings. The highest BCUT2D eigenvalue weighted by atomic mass is 19.2. The summed E-state index contributed by atoms with van der Waals surface area (Å²) in [6.07, 6.45) is 1.76. The molecule has 1 aromatic heterocycles. The average Bonchev–Trinajstić information content (AvgIpc) is 3.29. The van der Waals surface area contributed by atoms with E-state index in [2.05, 4.69) is 43.2 Å². The van der Waals surface area contributed by atoms with Crippen LogP contribution in [-0.4, -0.2) is 22.0 Å². The van der Waals surface area contributed by atoms with E-state index in [1.165, 1.54) is 11.6 Å². The van der Waals surface area contributed by atoms with Gasteiger partial charge in [0.25, 0.3) is 0 Å². The van der Waals surface area contributed by atoms with Crippen LogP contribution in [0, 0.1) is 11.6 Å². The molecule has 0 atom stereocenters. The minimum Gasteiger partial charge on any atom is -0.478 e. The molecule has 7 heteroatoms. The fraction of sp³-hybridized carbons (Fsp3) is 0.214. The summed E-state index contributed by atoms with van der Waals surface area (Å²) < 4.78 is 26.0. The summed E-state index contributed by atoms with van der Waals surface area (Å²) in [7, 11) is 0. The topological polar surface area (TPSA) is 82.2 Å². The molecule has 3 N–H and O–H groups in total. The molecule has 0 unspecified atom stereocenters. The Balaban J connectivity index is 0.000000237. The van der Waals surface area contributed by atoms with Crippen molar-refractivity contribution in [3.8, 4) is 0 Å². The van der Waals surface area contributed by atoms with Crippen molar-refractivity contribution in [2.45, 2.75) is 39.2 Å². The predicted molar refractivity (Wildman–Crippen MR) is 132 cm³/mol. The largest absolute Gasteiger partial charge is 0.478 e. The quantitative estimate of drug-likeness (QED) is 0.330. The number of para-hydroxylation sites is 1. The Labute approximate surface area is 202 Å². The van der Waals surface area contributed by atoms with Crippen LogP contribution >= 0.6 is 0 Å². The highest BCUT2D eigenvalue weighted by Gasteiger charge is 2.13. The van der Waals surface area contributed by atoms with Crippen LogP contribution in [-0.2, 0) is 23.2 Å². The van der Waals surface area contributed by atoms with Crippen LogP contribution in [0.4, 0.5) is 8.78 Å². The van der Waals surface area contributed by atoms with E-state index in [-0.39, 0.29) is 17.7 Å². The van der Waals surface area contributed by atoms with E-state index in [0.29, 0.717) is 23.2 Å². The first-order chi connectivity index (χ1) is 16.5. The van der Waals surface area contributed by atoms with Gasteiger partial charge < -0.3 is 15.4 Å². The van der Waals surface area contributed by atoms with Crippen LogP contribution < -0.4 is 5.32 Å². The van der Waals surface area contributed by atoms with Gasteiger partial charge in [0, 0.05) is 18.1 Å². The Hall–Kier alpha value is -4.00. The number of carbonyl (C=O) groups excluding carboxylic acids is 1. The molecule has 35 heavy (non-hydrogen) atoms. The summed E-state index contributed by atoms with van der Waals surface area (Å²) in [5.74, 6) is -2.97. The second-order valence-corrected chi connectivity index (χ2v) is 9.20. The van der Waals surface area contributed by atoms with Crippen LogP contribution in [0.2, 0.25) is 0 Å².